The van der Waals surface area contributed by atoms with Crippen molar-refractivity contribution in [2.24, 2.45) is 0 Å². The highest BCUT2D eigenvalue weighted by molar-refractivity contribution is 5.93. The molecule has 1 atom stereocenters. The lowest BCUT2D eigenvalue weighted by molar-refractivity contribution is -0.137. The second-order valence-corrected chi connectivity index (χ2v) is 5.66. The molecule has 0 aliphatic carbocycles. The maximum Gasteiger partial charge on any atom is 0.374 e. The summed E-state index contributed by atoms with van der Waals surface area (Å²) in [5.74, 6) is -0.619. The number of furan rings is 1. The van der Waals surface area contributed by atoms with Crippen molar-refractivity contribution < 1.29 is 18.7 Å². The van der Waals surface area contributed by atoms with E-state index in [0.717, 1.165) is 31.2 Å². The number of benzene rings is 1. The van der Waals surface area contributed by atoms with Crippen LogP contribution in [0.4, 0.5) is 0 Å². The van der Waals surface area contributed by atoms with E-state index in [4.69, 9.17) is 9.15 Å². The molecule has 0 N–H and O–H groups in total. The van der Waals surface area contributed by atoms with E-state index in [1.807, 2.05) is 25.1 Å². The molecule has 3 rings (SSSR count). The number of rotatable bonds is 3. The normalized spacial score (nSPS) is 18.4. The average molecular weight is 301 g/mol. The number of piperidine rings is 1. The average Bonchev–Trinajstić information content (AvgIpc) is 2.97. The molecule has 0 radical (unpaired) electrons. The lowest BCUT2D eigenvalue weighted by atomic mass is 10.0. The Balaban J connectivity index is 1.60. The van der Waals surface area contributed by atoms with Crippen LogP contribution in [-0.4, -0.2) is 36.0 Å². The Labute approximate surface area is 128 Å². The maximum absolute atomic E-state index is 12.1. The summed E-state index contributed by atoms with van der Waals surface area (Å²) in [5.41, 5.74) is 0.630. The number of carbonyl (C=O) groups excluding carboxylic acids is 2. The molecule has 1 fully saturated rings. The molecule has 1 aliphatic heterocycles. The smallest absolute Gasteiger partial charge is 0.374 e. The van der Waals surface area contributed by atoms with Gasteiger partial charge >= 0.3 is 5.97 Å². The Bertz CT molecular complexity index is 658. The molecule has 116 valence electrons. The molecule has 1 amide bonds. The summed E-state index contributed by atoms with van der Waals surface area (Å²) in [6.07, 6.45) is 3.15. The first-order valence-electron chi connectivity index (χ1n) is 7.60. The van der Waals surface area contributed by atoms with Gasteiger partial charge in [0.1, 0.15) is 5.58 Å². The van der Waals surface area contributed by atoms with Crippen molar-refractivity contribution in [2.45, 2.75) is 32.2 Å². The molecule has 0 spiro atoms. The number of hydrogen-bond acceptors (Lipinski definition) is 4. The SMILES string of the molecule is C[C@H]1CCCCN1C(=O)COC(=O)c1cc2ccccc2o1. The summed E-state index contributed by atoms with van der Waals surface area (Å²) in [7, 11) is 0. The van der Waals surface area contributed by atoms with Crippen molar-refractivity contribution in [1.82, 2.24) is 4.90 Å². The minimum atomic E-state index is -0.603. The number of amides is 1. The van der Waals surface area contributed by atoms with Crippen LogP contribution in [0.5, 0.6) is 0 Å². The first kappa shape index (κ1) is 14.6. The van der Waals surface area contributed by atoms with Gasteiger partial charge in [-0.05, 0) is 38.3 Å². The molecule has 0 bridgehead atoms. The van der Waals surface area contributed by atoms with Crippen LogP contribution in [0.25, 0.3) is 11.0 Å². The van der Waals surface area contributed by atoms with E-state index in [-0.39, 0.29) is 24.3 Å². The number of nitrogens with zero attached hydrogens (tertiary/aromatic N) is 1. The summed E-state index contributed by atoms with van der Waals surface area (Å²) >= 11 is 0. The molecule has 5 heteroatoms. The number of hydrogen-bond donors (Lipinski definition) is 0. The Hall–Kier alpha value is -2.30. The Morgan fingerprint density at radius 1 is 1.32 bits per heavy atom. The summed E-state index contributed by atoms with van der Waals surface area (Å²) < 4.78 is 10.5. The highest BCUT2D eigenvalue weighted by Gasteiger charge is 2.24. The predicted octanol–water partition coefficient (Wildman–Crippen LogP) is 2.99. The summed E-state index contributed by atoms with van der Waals surface area (Å²) in [6, 6.07) is 9.19. The quantitative estimate of drug-likeness (QED) is 0.818. The van der Waals surface area contributed by atoms with E-state index in [9.17, 15) is 9.59 Å². The number of esters is 1. The van der Waals surface area contributed by atoms with Crippen LogP contribution >= 0.6 is 0 Å². The zero-order valence-corrected chi connectivity index (χ0v) is 12.6. The van der Waals surface area contributed by atoms with E-state index in [0.29, 0.717) is 5.58 Å². The number of carbonyl (C=O) groups is 2. The van der Waals surface area contributed by atoms with E-state index in [1.54, 1.807) is 17.0 Å². The van der Waals surface area contributed by atoms with Crippen LogP contribution in [0, 0.1) is 0 Å². The van der Waals surface area contributed by atoms with Gasteiger partial charge in [0.2, 0.25) is 5.76 Å². The van der Waals surface area contributed by atoms with Gasteiger partial charge in [-0.1, -0.05) is 18.2 Å². The molecule has 2 aromatic rings. The van der Waals surface area contributed by atoms with Crippen molar-refractivity contribution in [3.05, 3.63) is 36.1 Å². The predicted molar refractivity (Wildman–Crippen MR) is 81.5 cm³/mol. The molecule has 2 heterocycles. The Kier molecular flexibility index (Phi) is 4.13. The molecule has 1 aromatic carbocycles. The number of para-hydroxylation sites is 1. The topological polar surface area (TPSA) is 59.8 Å². The first-order chi connectivity index (χ1) is 10.6. The van der Waals surface area contributed by atoms with Crippen LogP contribution in [0.3, 0.4) is 0 Å². The molecule has 5 nitrogen and oxygen atoms in total. The minimum Gasteiger partial charge on any atom is -0.450 e. The van der Waals surface area contributed by atoms with Gasteiger partial charge in [-0.15, -0.1) is 0 Å². The van der Waals surface area contributed by atoms with Gasteiger partial charge in [-0.2, -0.15) is 0 Å². The highest BCUT2D eigenvalue weighted by atomic mass is 16.5. The van der Waals surface area contributed by atoms with E-state index < -0.39 is 5.97 Å². The fraction of sp³-hybridized carbons (Fsp3) is 0.412. The Morgan fingerprint density at radius 2 is 2.14 bits per heavy atom. The zero-order chi connectivity index (χ0) is 15.5. The lowest BCUT2D eigenvalue weighted by Gasteiger charge is -2.33. The van der Waals surface area contributed by atoms with E-state index in [1.165, 1.54) is 0 Å². The molecule has 0 unspecified atom stereocenters. The van der Waals surface area contributed by atoms with Crippen LogP contribution in [-0.2, 0) is 9.53 Å². The third-order valence-corrected chi connectivity index (χ3v) is 4.08. The number of fused-ring (bicyclic) bond motifs is 1. The number of likely N-dealkylation sites (tertiary alicyclic amines) is 1. The van der Waals surface area contributed by atoms with Crippen molar-refractivity contribution in [2.75, 3.05) is 13.2 Å². The standard InChI is InChI=1S/C17H19NO4/c1-12-6-4-5-9-18(12)16(19)11-21-17(20)15-10-13-7-2-3-8-14(13)22-15/h2-3,7-8,10,12H,4-6,9,11H2,1H3/t12-/m0/s1. The lowest BCUT2D eigenvalue weighted by Crippen LogP contribution is -2.44. The van der Waals surface area contributed by atoms with Gasteiger partial charge in [0, 0.05) is 18.0 Å². The van der Waals surface area contributed by atoms with Gasteiger partial charge < -0.3 is 14.1 Å². The van der Waals surface area contributed by atoms with E-state index in [2.05, 4.69) is 0 Å². The minimum absolute atomic E-state index is 0.126. The molecular formula is C17H19NO4. The maximum atomic E-state index is 12.1. The first-order valence-corrected chi connectivity index (χ1v) is 7.60. The number of ether oxygens (including phenoxy) is 1. The zero-order valence-electron chi connectivity index (χ0n) is 12.6. The summed E-state index contributed by atoms with van der Waals surface area (Å²) in [5, 5.41) is 0.838. The molecular weight excluding hydrogens is 282 g/mol. The fourth-order valence-electron chi connectivity index (χ4n) is 2.83. The van der Waals surface area contributed by atoms with Crippen molar-refractivity contribution in [3.8, 4) is 0 Å². The molecule has 1 aliphatic rings. The Morgan fingerprint density at radius 3 is 2.91 bits per heavy atom. The van der Waals surface area contributed by atoms with Gasteiger partial charge in [-0.25, -0.2) is 4.79 Å². The van der Waals surface area contributed by atoms with Gasteiger partial charge in [0.15, 0.2) is 6.61 Å². The summed E-state index contributed by atoms with van der Waals surface area (Å²) in [4.78, 5) is 25.9. The van der Waals surface area contributed by atoms with Crippen molar-refractivity contribution >= 4 is 22.8 Å². The molecule has 22 heavy (non-hydrogen) atoms. The van der Waals surface area contributed by atoms with Crippen LogP contribution in [0.2, 0.25) is 0 Å². The van der Waals surface area contributed by atoms with Crippen molar-refractivity contribution in [1.29, 1.82) is 0 Å². The van der Waals surface area contributed by atoms with Crippen LogP contribution in [0.15, 0.2) is 34.7 Å². The molecule has 1 aromatic heterocycles. The van der Waals surface area contributed by atoms with Crippen LogP contribution < -0.4 is 0 Å². The van der Waals surface area contributed by atoms with E-state index >= 15 is 0 Å². The monoisotopic (exact) mass is 301 g/mol. The third-order valence-electron chi connectivity index (χ3n) is 4.08. The summed E-state index contributed by atoms with van der Waals surface area (Å²) in [6.45, 7) is 2.53. The van der Waals surface area contributed by atoms with Gasteiger partial charge in [-0.3, -0.25) is 4.79 Å². The van der Waals surface area contributed by atoms with Gasteiger partial charge in [0.05, 0.1) is 0 Å². The van der Waals surface area contributed by atoms with Crippen molar-refractivity contribution in [3.63, 3.8) is 0 Å². The third kappa shape index (κ3) is 2.98. The second kappa shape index (κ2) is 6.22. The van der Waals surface area contributed by atoms with Gasteiger partial charge in [0.25, 0.3) is 5.91 Å². The highest BCUT2D eigenvalue weighted by Crippen LogP contribution is 2.20. The molecule has 0 saturated carbocycles. The molecule has 1 saturated heterocycles. The second-order valence-electron chi connectivity index (χ2n) is 5.66. The fourth-order valence-corrected chi connectivity index (χ4v) is 2.83. The van der Waals surface area contributed by atoms with Crippen LogP contribution in [0.1, 0.15) is 36.7 Å². The largest absolute Gasteiger partial charge is 0.450 e.